The maximum atomic E-state index is 12.4. The fourth-order valence-corrected chi connectivity index (χ4v) is 2.66. The van der Waals surface area contributed by atoms with Gasteiger partial charge in [0.2, 0.25) is 5.88 Å². The number of aromatic hydroxyl groups is 1. The Labute approximate surface area is 156 Å². The van der Waals surface area contributed by atoms with E-state index in [-0.39, 0.29) is 29.2 Å². The van der Waals surface area contributed by atoms with E-state index in [0.29, 0.717) is 23.2 Å². The molecule has 140 valence electrons. The van der Waals surface area contributed by atoms with Gasteiger partial charge in [0.25, 0.3) is 11.2 Å². The number of nitro groups is 1. The van der Waals surface area contributed by atoms with Crippen LogP contribution < -0.4 is 5.56 Å². The Balaban J connectivity index is 2.57. The van der Waals surface area contributed by atoms with Crippen molar-refractivity contribution in [3.05, 3.63) is 60.9 Å². The Bertz CT molecular complexity index is 1020. The number of hydrogen-bond acceptors (Lipinski definition) is 6. The van der Waals surface area contributed by atoms with E-state index in [1.807, 2.05) is 13.0 Å². The predicted molar refractivity (Wildman–Crippen MR) is 102 cm³/mol. The van der Waals surface area contributed by atoms with Crippen molar-refractivity contribution in [2.24, 2.45) is 4.99 Å². The smallest absolute Gasteiger partial charge is 0.274 e. The van der Waals surface area contributed by atoms with E-state index < -0.39 is 10.5 Å². The third-order valence-corrected chi connectivity index (χ3v) is 4.31. The van der Waals surface area contributed by atoms with Crippen molar-refractivity contribution in [3.63, 3.8) is 0 Å². The molecule has 1 aromatic heterocycles. The van der Waals surface area contributed by atoms with Gasteiger partial charge in [0.1, 0.15) is 11.6 Å². The highest BCUT2D eigenvalue weighted by Gasteiger charge is 2.18. The van der Waals surface area contributed by atoms with E-state index in [9.17, 15) is 25.3 Å². The summed E-state index contributed by atoms with van der Waals surface area (Å²) >= 11 is 0. The molecule has 27 heavy (non-hydrogen) atoms. The molecule has 0 amide bonds. The number of nitro benzene ring substituents is 1. The van der Waals surface area contributed by atoms with Crippen molar-refractivity contribution in [1.29, 1.82) is 5.26 Å². The van der Waals surface area contributed by atoms with Gasteiger partial charge in [-0.25, -0.2) is 0 Å². The molecule has 0 atom stereocenters. The second-order valence-corrected chi connectivity index (χ2v) is 6.15. The summed E-state index contributed by atoms with van der Waals surface area (Å²) in [6.07, 6.45) is 2.81. The molecule has 0 aliphatic rings. The van der Waals surface area contributed by atoms with Crippen LogP contribution in [0.15, 0.2) is 28.0 Å². The lowest BCUT2D eigenvalue weighted by Crippen LogP contribution is -2.25. The number of aryl methyl sites for hydroxylation is 1. The fourth-order valence-electron chi connectivity index (χ4n) is 2.66. The maximum absolute atomic E-state index is 12.4. The Morgan fingerprint density at radius 1 is 1.41 bits per heavy atom. The lowest BCUT2D eigenvalue weighted by Gasteiger charge is -2.13. The zero-order chi connectivity index (χ0) is 20.1. The number of nitriles is 1. The lowest BCUT2D eigenvalue weighted by atomic mass is 10.1. The Morgan fingerprint density at radius 2 is 2.11 bits per heavy atom. The summed E-state index contributed by atoms with van der Waals surface area (Å²) in [5.41, 5.74) is 0.748. The Morgan fingerprint density at radius 3 is 2.70 bits per heavy atom. The molecule has 0 saturated heterocycles. The number of rotatable bonds is 6. The van der Waals surface area contributed by atoms with Crippen molar-refractivity contribution in [2.45, 2.75) is 40.2 Å². The van der Waals surface area contributed by atoms with Gasteiger partial charge in [0, 0.05) is 24.4 Å². The van der Waals surface area contributed by atoms with Crippen LogP contribution in [0.1, 0.15) is 42.0 Å². The molecule has 1 aromatic carbocycles. The van der Waals surface area contributed by atoms with Gasteiger partial charge in [-0.05, 0) is 31.9 Å². The van der Waals surface area contributed by atoms with Crippen molar-refractivity contribution in [1.82, 2.24) is 4.57 Å². The number of unbranched alkanes of at least 4 members (excludes halogenated alkanes) is 1. The predicted octanol–water partition coefficient (Wildman–Crippen LogP) is 3.50. The zero-order valence-corrected chi connectivity index (χ0v) is 15.4. The first-order chi connectivity index (χ1) is 12.8. The molecule has 8 nitrogen and oxygen atoms in total. The first kappa shape index (κ1) is 19.8. The van der Waals surface area contributed by atoms with Crippen LogP contribution in [-0.4, -0.2) is 20.8 Å². The van der Waals surface area contributed by atoms with Crippen LogP contribution in [0.4, 0.5) is 11.4 Å². The SMILES string of the molecule is CCCCn1c(O)c(C=Nc2ccc(C)c([N+](=O)[O-])c2)c(C)c(C#N)c1=O. The first-order valence-corrected chi connectivity index (χ1v) is 8.47. The fraction of sp³-hybridized carbons (Fsp3) is 0.316. The zero-order valence-electron chi connectivity index (χ0n) is 15.4. The third-order valence-electron chi connectivity index (χ3n) is 4.31. The summed E-state index contributed by atoms with van der Waals surface area (Å²) in [5.74, 6) is -0.268. The van der Waals surface area contributed by atoms with Crippen molar-refractivity contribution in [3.8, 4) is 11.9 Å². The van der Waals surface area contributed by atoms with Gasteiger partial charge in [0.15, 0.2) is 0 Å². The molecular formula is C19H20N4O4. The maximum Gasteiger partial charge on any atom is 0.274 e. The molecule has 0 saturated carbocycles. The molecule has 2 rings (SSSR count). The second-order valence-electron chi connectivity index (χ2n) is 6.15. The summed E-state index contributed by atoms with van der Waals surface area (Å²) in [5, 5.41) is 30.9. The van der Waals surface area contributed by atoms with Crippen LogP contribution in [-0.2, 0) is 6.54 Å². The summed E-state index contributed by atoms with van der Waals surface area (Å²) in [7, 11) is 0. The van der Waals surface area contributed by atoms with Gasteiger partial charge in [-0.3, -0.25) is 24.5 Å². The third kappa shape index (κ3) is 4.03. The number of benzene rings is 1. The van der Waals surface area contributed by atoms with Crippen LogP contribution in [0.5, 0.6) is 5.88 Å². The largest absolute Gasteiger partial charge is 0.494 e. The summed E-state index contributed by atoms with van der Waals surface area (Å²) in [4.78, 5) is 27.2. The van der Waals surface area contributed by atoms with E-state index in [1.165, 1.54) is 12.3 Å². The minimum absolute atomic E-state index is 0.0553. The minimum Gasteiger partial charge on any atom is -0.494 e. The molecule has 0 fully saturated rings. The monoisotopic (exact) mass is 368 g/mol. The number of pyridine rings is 1. The molecule has 0 aliphatic carbocycles. The molecular weight excluding hydrogens is 348 g/mol. The molecule has 0 aliphatic heterocycles. The molecule has 1 N–H and O–H groups in total. The normalized spacial score (nSPS) is 10.9. The molecule has 2 aromatic rings. The highest BCUT2D eigenvalue weighted by Crippen LogP contribution is 2.26. The topological polar surface area (TPSA) is 122 Å². The van der Waals surface area contributed by atoms with Crippen LogP contribution in [0, 0.1) is 35.3 Å². The lowest BCUT2D eigenvalue weighted by molar-refractivity contribution is -0.385. The number of aromatic nitrogens is 1. The first-order valence-electron chi connectivity index (χ1n) is 8.47. The van der Waals surface area contributed by atoms with Gasteiger partial charge in [0.05, 0.1) is 16.2 Å². The van der Waals surface area contributed by atoms with E-state index >= 15 is 0 Å². The van der Waals surface area contributed by atoms with Crippen LogP contribution in [0.3, 0.4) is 0 Å². The van der Waals surface area contributed by atoms with Crippen molar-refractivity contribution < 1.29 is 10.0 Å². The molecule has 0 spiro atoms. The van der Waals surface area contributed by atoms with Gasteiger partial charge in [-0.1, -0.05) is 19.4 Å². The quantitative estimate of drug-likeness (QED) is 0.475. The van der Waals surface area contributed by atoms with Gasteiger partial charge in [-0.15, -0.1) is 0 Å². The van der Waals surface area contributed by atoms with Crippen LogP contribution in [0.2, 0.25) is 0 Å². The van der Waals surface area contributed by atoms with Crippen molar-refractivity contribution in [2.75, 3.05) is 0 Å². The number of aliphatic imine (C=N–C) groups is 1. The highest BCUT2D eigenvalue weighted by atomic mass is 16.6. The summed E-state index contributed by atoms with van der Waals surface area (Å²) in [6, 6.07) is 6.41. The van der Waals surface area contributed by atoms with E-state index in [1.54, 1.807) is 26.0 Å². The molecule has 1 heterocycles. The number of hydrogen-bond donors (Lipinski definition) is 1. The van der Waals surface area contributed by atoms with Gasteiger partial charge >= 0.3 is 0 Å². The minimum atomic E-state index is -0.538. The molecule has 0 unspecified atom stereocenters. The average molecular weight is 368 g/mol. The van der Waals surface area contributed by atoms with Gasteiger partial charge in [-0.2, -0.15) is 5.26 Å². The highest BCUT2D eigenvalue weighted by molar-refractivity contribution is 5.87. The van der Waals surface area contributed by atoms with Gasteiger partial charge < -0.3 is 5.11 Å². The second kappa shape index (κ2) is 8.27. The number of nitrogens with zero attached hydrogens (tertiary/aromatic N) is 4. The Hall–Kier alpha value is -3.47. The van der Waals surface area contributed by atoms with Crippen molar-refractivity contribution >= 4 is 17.6 Å². The van der Waals surface area contributed by atoms with E-state index in [4.69, 9.17) is 0 Å². The Kier molecular flexibility index (Phi) is 6.08. The van der Waals surface area contributed by atoms with Crippen LogP contribution >= 0.6 is 0 Å². The van der Waals surface area contributed by atoms with E-state index in [0.717, 1.165) is 11.0 Å². The standard InChI is InChI=1S/C19H20N4O4/c1-4-5-8-22-18(24)15(10-20)13(3)16(19(22)25)11-21-14-7-6-12(2)17(9-14)23(26)27/h6-7,9,11,25H,4-5,8H2,1-3H3. The van der Waals surface area contributed by atoms with E-state index in [2.05, 4.69) is 4.99 Å². The summed E-state index contributed by atoms with van der Waals surface area (Å²) in [6.45, 7) is 5.42. The molecule has 8 heteroatoms. The van der Waals surface area contributed by atoms with Crippen LogP contribution in [0.25, 0.3) is 0 Å². The molecule has 0 bridgehead atoms. The average Bonchev–Trinajstić information content (AvgIpc) is 2.63. The molecule has 0 radical (unpaired) electrons. The summed E-state index contributed by atoms with van der Waals surface area (Å²) < 4.78 is 1.16.